The predicted octanol–water partition coefficient (Wildman–Crippen LogP) is 6.29. The third kappa shape index (κ3) is 3.89. The Balaban J connectivity index is 1.71. The summed E-state index contributed by atoms with van der Waals surface area (Å²) >= 11 is 3.34. The molecule has 0 saturated carbocycles. The molecule has 1 heterocycles. The van der Waals surface area contributed by atoms with Gasteiger partial charge in [0.2, 0.25) is 5.89 Å². The topological polar surface area (TPSA) is 78.9 Å². The van der Waals surface area contributed by atoms with Gasteiger partial charge in [-0.25, -0.2) is 4.98 Å². The van der Waals surface area contributed by atoms with E-state index in [1.807, 2.05) is 37.3 Å². The first-order chi connectivity index (χ1) is 13.9. The van der Waals surface area contributed by atoms with E-state index in [0.29, 0.717) is 32.8 Å². The zero-order valence-corrected chi connectivity index (χ0v) is 17.6. The summed E-state index contributed by atoms with van der Waals surface area (Å²) in [5.74, 6) is 0.528. The lowest BCUT2D eigenvalue weighted by Gasteiger charge is -2.04. The van der Waals surface area contributed by atoms with Gasteiger partial charge in [-0.2, -0.15) is 0 Å². The van der Waals surface area contributed by atoms with Crippen LogP contribution in [0.3, 0.4) is 0 Å². The lowest BCUT2D eigenvalue weighted by atomic mass is 10.1. The second-order valence-corrected chi connectivity index (χ2v) is 7.67. The fraction of sp³-hybridized carbons (Fsp3) is 0.130. The first-order valence-corrected chi connectivity index (χ1v) is 10.00. The summed E-state index contributed by atoms with van der Waals surface area (Å²) in [6.45, 7) is 4.03. The SMILES string of the molecule is CCc1ccc2oc(-c3cc(N=Cc4cc(C)cc(Br)c4O)ccc3O)nc2c1. The van der Waals surface area contributed by atoms with Gasteiger partial charge < -0.3 is 14.6 Å². The molecule has 3 aromatic carbocycles. The molecule has 0 aliphatic carbocycles. The Labute approximate surface area is 176 Å². The van der Waals surface area contributed by atoms with Crippen LogP contribution >= 0.6 is 15.9 Å². The first-order valence-electron chi connectivity index (χ1n) is 9.20. The number of hydrogen-bond acceptors (Lipinski definition) is 5. The van der Waals surface area contributed by atoms with Gasteiger partial charge in [0.25, 0.3) is 0 Å². The number of aromatic nitrogens is 1. The maximum Gasteiger partial charge on any atom is 0.231 e. The second-order valence-electron chi connectivity index (χ2n) is 6.82. The molecule has 0 fully saturated rings. The van der Waals surface area contributed by atoms with Crippen LogP contribution in [0.25, 0.3) is 22.6 Å². The van der Waals surface area contributed by atoms with E-state index >= 15 is 0 Å². The summed E-state index contributed by atoms with van der Waals surface area (Å²) in [5, 5.41) is 20.5. The summed E-state index contributed by atoms with van der Waals surface area (Å²) < 4.78 is 6.45. The van der Waals surface area contributed by atoms with Crippen molar-refractivity contribution in [2.24, 2.45) is 4.99 Å². The quantitative estimate of drug-likeness (QED) is 0.358. The predicted molar refractivity (Wildman–Crippen MR) is 118 cm³/mol. The van der Waals surface area contributed by atoms with Crippen LogP contribution in [0, 0.1) is 6.92 Å². The number of fused-ring (bicyclic) bond motifs is 1. The number of benzene rings is 3. The maximum atomic E-state index is 10.3. The summed E-state index contributed by atoms with van der Waals surface area (Å²) in [5.41, 5.74) is 5.25. The minimum Gasteiger partial charge on any atom is -0.507 e. The molecule has 0 aliphatic rings. The molecule has 0 bridgehead atoms. The molecule has 5 nitrogen and oxygen atoms in total. The van der Waals surface area contributed by atoms with Crippen LogP contribution in [0.1, 0.15) is 23.6 Å². The van der Waals surface area contributed by atoms with E-state index < -0.39 is 0 Å². The van der Waals surface area contributed by atoms with Crippen LogP contribution in [-0.2, 0) is 6.42 Å². The number of nitrogens with zero attached hydrogens (tertiary/aromatic N) is 2. The molecule has 29 heavy (non-hydrogen) atoms. The third-order valence-corrected chi connectivity index (χ3v) is 5.27. The number of oxazole rings is 1. The van der Waals surface area contributed by atoms with Crippen LogP contribution in [0.5, 0.6) is 11.5 Å². The number of aryl methyl sites for hydroxylation is 2. The van der Waals surface area contributed by atoms with Gasteiger partial charge in [0.15, 0.2) is 5.58 Å². The van der Waals surface area contributed by atoms with Crippen molar-refractivity contribution >= 4 is 38.9 Å². The zero-order chi connectivity index (χ0) is 20.5. The highest BCUT2D eigenvalue weighted by Crippen LogP contribution is 2.35. The third-order valence-electron chi connectivity index (χ3n) is 4.66. The van der Waals surface area contributed by atoms with E-state index in [4.69, 9.17) is 4.42 Å². The molecule has 0 saturated heterocycles. The largest absolute Gasteiger partial charge is 0.507 e. The van der Waals surface area contributed by atoms with E-state index in [2.05, 4.69) is 32.8 Å². The van der Waals surface area contributed by atoms with Gasteiger partial charge in [0.05, 0.1) is 15.7 Å². The van der Waals surface area contributed by atoms with E-state index in [1.54, 1.807) is 24.4 Å². The van der Waals surface area contributed by atoms with Crippen molar-refractivity contribution in [1.29, 1.82) is 0 Å². The summed E-state index contributed by atoms with van der Waals surface area (Å²) in [6, 6.07) is 14.5. The highest BCUT2D eigenvalue weighted by atomic mass is 79.9. The molecule has 146 valence electrons. The number of phenolic OH excluding ortho intramolecular Hbond substituents is 2. The normalized spacial score (nSPS) is 11.6. The Hall–Kier alpha value is -3.12. The minimum atomic E-state index is 0.0624. The monoisotopic (exact) mass is 450 g/mol. The fourth-order valence-corrected chi connectivity index (χ4v) is 3.68. The Morgan fingerprint density at radius 3 is 2.72 bits per heavy atom. The number of aromatic hydroxyl groups is 2. The van der Waals surface area contributed by atoms with Crippen LogP contribution in [0.2, 0.25) is 0 Å². The molecule has 4 aromatic rings. The van der Waals surface area contributed by atoms with Crippen molar-refractivity contribution in [3.63, 3.8) is 0 Å². The second kappa shape index (κ2) is 7.72. The van der Waals surface area contributed by atoms with E-state index in [-0.39, 0.29) is 11.5 Å². The minimum absolute atomic E-state index is 0.0624. The molecule has 2 N–H and O–H groups in total. The molecule has 0 amide bonds. The Bertz CT molecular complexity index is 1240. The molecule has 0 aliphatic heterocycles. The maximum absolute atomic E-state index is 10.3. The smallest absolute Gasteiger partial charge is 0.231 e. The molecule has 0 unspecified atom stereocenters. The summed E-state index contributed by atoms with van der Waals surface area (Å²) in [7, 11) is 0. The van der Waals surface area contributed by atoms with E-state index in [0.717, 1.165) is 17.5 Å². The molecule has 4 rings (SSSR count). The molecular formula is C23H19BrN2O3. The zero-order valence-electron chi connectivity index (χ0n) is 16.0. The lowest BCUT2D eigenvalue weighted by Crippen LogP contribution is -1.86. The number of aliphatic imine (C=N–C) groups is 1. The van der Waals surface area contributed by atoms with Crippen molar-refractivity contribution in [2.45, 2.75) is 20.3 Å². The van der Waals surface area contributed by atoms with Gasteiger partial charge >= 0.3 is 0 Å². The van der Waals surface area contributed by atoms with Gasteiger partial charge in [-0.1, -0.05) is 13.0 Å². The fourth-order valence-electron chi connectivity index (χ4n) is 3.09. The number of phenols is 2. The van der Waals surface area contributed by atoms with Crippen molar-refractivity contribution < 1.29 is 14.6 Å². The Morgan fingerprint density at radius 2 is 1.93 bits per heavy atom. The standard InChI is InChI=1S/C23H19BrN2O3/c1-3-14-4-7-21-19(10-14)26-23(29-21)17-11-16(5-6-20(17)27)25-12-15-8-13(2)9-18(24)22(15)28/h4-12,27-28H,3H2,1-2H3. The number of halogens is 1. The average molecular weight is 451 g/mol. The molecular weight excluding hydrogens is 432 g/mol. The van der Waals surface area contributed by atoms with Crippen LogP contribution in [-0.4, -0.2) is 21.4 Å². The highest BCUT2D eigenvalue weighted by molar-refractivity contribution is 9.10. The molecule has 0 atom stereocenters. The van der Waals surface area contributed by atoms with Gasteiger partial charge in [-0.3, -0.25) is 4.99 Å². The molecule has 1 aromatic heterocycles. The van der Waals surface area contributed by atoms with Gasteiger partial charge in [0, 0.05) is 11.8 Å². The van der Waals surface area contributed by atoms with Crippen molar-refractivity contribution in [2.75, 3.05) is 0 Å². The van der Waals surface area contributed by atoms with Crippen molar-refractivity contribution in [3.8, 4) is 23.0 Å². The van der Waals surface area contributed by atoms with Crippen molar-refractivity contribution in [1.82, 2.24) is 4.98 Å². The van der Waals surface area contributed by atoms with Gasteiger partial charge in [-0.15, -0.1) is 0 Å². The first kappa shape index (κ1) is 19.2. The highest BCUT2D eigenvalue weighted by Gasteiger charge is 2.13. The van der Waals surface area contributed by atoms with Crippen molar-refractivity contribution in [3.05, 3.63) is 69.7 Å². The number of rotatable bonds is 4. The van der Waals surface area contributed by atoms with Crippen LogP contribution in [0.15, 0.2) is 62.4 Å². The molecule has 0 spiro atoms. The average Bonchev–Trinajstić information content (AvgIpc) is 3.13. The van der Waals surface area contributed by atoms with Crippen LogP contribution < -0.4 is 0 Å². The van der Waals surface area contributed by atoms with E-state index in [1.165, 1.54) is 5.56 Å². The van der Waals surface area contributed by atoms with Gasteiger partial charge in [0.1, 0.15) is 17.0 Å². The van der Waals surface area contributed by atoms with E-state index in [9.17, 15) is 10.2 Å². The lowest BCUT2D eigenvalue weighted by molar-refractivity contribution is 0.470. The summed E-state index contributed by atoms with van der Waals surface area (Å²) in [6.07, 6.45) is 2.50. The van der Waals surface area contributed by atoms with Gasteiger partial charge in [-0.05, 0) is 82.9 Å². The summed E-state index contributed by atoms with van der Waals surface area (Å²) in [4.78, 5) is 8.97. The Kier molecular flexibility index (Phi) is 5.11. The Morgan fingerprint density at radius 1 is 1.10 bits per heavy atom. The molecule has 0 radical (unpaired) electrons. The number of hydrogen-bond donors (Lipinski definition) is 2. The molecule has 6 heteroatoms. The van der Waals surface area contributed by atoms with Crippen LogP contribution in [0.4, 0.5) is 5.69 Å².